The summed E-state index contributed by atoms with van der Waals surface area (Å²) >= 11 is 0. The number of halogens is 22. The van der Waals surface area contributed by atoms with Crippen molar-refractivity contribution in [3.63, 3.8) is 0 Å². The molecule has 0 aliphatic carbocycles. The number of alkyl halides is 22. The van der Waals surface area contributed by atoms with Gasteiger partial charge in [0, 0.05) is 0 Å². The van der Waals surface area contributed by atoms with Gasteiger partial charge in [-0.3, -0.25) is 9.47 Å². The quantitative estimate of drug-likeness (QED) is 0.0770. The van der Waals surface area contributed by atoms with Crippen molar-refractivity contribution in [1.29, 1.82) is 0 Å². The summed E-state index contributed by atoms with van der Waals surface area (Å²) in [6, 6.07) is -2.12. The second-order valence-corrected chi connectivity index (χ2v) is 31.4. The first kappa shape index (κ1) is 54.6. The van der Waals surface area contributed by atoms with Crippen molar-refractivity contribution in [2.45, 2.75) is 138 Å². The van der Waals surface area contributed by atoms with Crippen molar-refractivity contribution in [3.05, 3.63) is 0 Å². The van der Waals surface area contributed by atoms with Gasteiger partial charge in [0.1, 0.15) is 6.10 Å². The summed E-state index contributed by atoms with van der Waals surface area (Å²) in [4.78, 5) is 12.6. The molecular weight excluding hydrogens is 919 g/mol. The Morgan fingerprint density at radius 2 is 0.768 bits per heavy atom. The van der Waals surface area contributed by atoms with Gasteiger partial charge in [-0.1, -0.05) is 0 Å². The molecule has 0 aromatic carbocycles. The third kappa shape index (κ3) is 13.3. The first-order valence-corrected chi connectivity index (χ1v) is 26.8. The molecule has 0 N–H and O–H groups in total. The Labute approximate surface area is 306 Å². The number of carbonyl (C=O) groups excluding carboxylic acids is 1. The maximum absolute atomic E-state index is 15.6. The smallest absolute Gasteiger partial charge is 0.458 e. The molecule has 0 heterocycles. The maximum atomic E-state index is 15.6. The lowest BCUT2D eigenvalue weighted by atomic mass is 10.1. The zero-order chi connectivity index (χ0) is 45.8. The van der Waals surface area contributed by atoms with E-state index in [-0.39, 0.29) is 0 Å². The monoisotopic (exact) mass is 950 g/mol. The van der Waals surface area contributed by atoms with Crippen LogP contribution in [0.2, 0.25) is 65.0 Å². The fraction of sp³-hybridized carbons (Fsp3) is 0.957. The van der Waals surface area contributed by atoms with Crippen LogP contribution in [0.25, 0.3) is 0 Å². The summed E-state index contributed by atoms with van der Waals surface area (Å²) in [5.41, 5.74) is 0. The molecule has 0 aliphatic heterocycles. The van der Waals surface area contributed by atoms with E-state index in [2.05, 4.69) is 9.47 Å². The number of esters is 1. The van der Waals surface area contributed by atoms with E-state index >= 15 is 8.78 Å². The van der Waals surface area contributed by atoms with Gasteiger partial charge in [-0.25, -0.2) is 9.18 Å². The number of hydrogen-bond donors (Lipinski definition) is 0. The van der Waals surface area contributed by atoms with Crippen LogP contribution in [0.1, 0.15) is 6.42 Å². The van der Waals surface area contributed by atoms with Crippen LogP contribution in [0, 0.1) is 0 Å². The topological polar surface area (TPSA) is 72.5 Å². The molecular formula is C23H32F22O7Si4. The maximum Gasteiger partial charge on any atom is 0.473 e. The van der Waals surface area contributed by atoms with Crippen LogP contribution in [0.5, 0.6) is 0 Å². The van der Waals surface area contributed by atoms with Crippen LogP contribution >= 0.6 is 0 Å². The van der Waals surface area contributed by atoms with Gasteiger partial charge in [-0.15, -0.1) is 0 Å². The van der Waals surface area contributed by atoms with Gasteiger partial charge >= 0.3 is 75.3 Å². The first-order chi connectivity index (χ1) is 23.7. The van der Waals surface area contributed by atoms with Gasteiger partial charge in [0.15, 0.2) is 25.0 Å². The molecule has 0 rings (SSSR count). The molecule has 33 heteroatoms. The average molecular weight is 951 g/mol. The fourth-order valence-electron chi connectivity index (χ4n) is 3.81. The standard InChI is InChI=1S/C23H32F22O7Si4/c1-53(2,3)50-56(51-54(4,5)6,52-55(7,8)9)11-12(10-14(24,18(30,31)32)48-22(42,43)16(26,27)20(36,37)38)47-13(46)15(25,19(33,34)35)49-23(44,45)17(28,29)21(39,40)41/h12H,10-11H2,1-9H3. The minimum Gasteiger partial charge on any atom is -0.458 e. The van der Waals surface area contributed by atoms with E-state index in [1.54, 1.807) is 0 Å². The Morgan fingerprint density at radius 1 is 0.464 bits per heavy atom. The molecule has 7 nitrogen and oxygen atoms in total. The molecule has 0 fully saturated rings. The van der Waals surface area contributed by atoms with Gasteiger partial charge < -0.3 is 17.1 Å². The van der Waals surface area contributed by atoms with Crippen molar-refractivity contribution in [2.75, 3.05) is 0 Å². The molecule has 0 aliphatic rings. The molecule has 0 aromatic rings. The van der Waals surface area contributed by atoms with Crippen LogP contribution in [0.15, 0.2) is 0 Å². The number of rotatable bonds is 18. The minimum atomic E-state index is -7.83. The molecule has 0 radical (unpaired) electrons. The Hall–Kier alpha value is -1.40. The number of ether oxygens (including phenoxy) is 3. The van der Waals surface area contributed by atoms with E-state index in [4.69, 9.17) is 12.3 Å². The molecule has 0 bridgehead atoms. The van der Waals surface area contributed by atoms with Gasteiger partial charge in [-0.05, 0) is 58.9 Å². The van der Waals surface area contributed by atoms with Crippen molar-refractivity contribution in [3.8, 4) is 0 Å². The molecule has 336 valence electrons. The summed E-state index contributed by atoms with van der Waals surface area (Å²) in [7, 11) is -15.8. The molecule has 56 heavy (non-hydrogen) atoms. The van der Waals surface area contributed by atoms with Gasteiger partial charge in [0.05, 0.1) is 12.5 Å². The molecule has 0 amide bonds. The Balaban J connectivity index is 8.16. The Bertz CT molecular complexity index is 1310. The number of carbonyl (C=O) groups is 1. The van der Waals surface area contributed by atoms with E-state index in [0.717, 1.165) is 0 Å². The summed E-state index contributed by atoms with van der Waals surface area (Å²) in [6.45, 7) is 10.8. The normalized spacial score (nSPS) is 18.3. The molecule has 0 spiro atoms. The van der Waals surface area contributed by atoms with E-state index in [1.807, 2.05) is 4.74 Å². The van der Waals surface area contributed by atoms with Crippen LogP contribution in [0.3, 0.4) is 0 Å². The van der Waals surface area contributed by atoms with E-state index in [1.165, 1.54) is 58.9 Å². The zero-order valence-corrected chi connectivity index (χ0v) is 33.7. The average Bonchev–Trinajstić information content (AvgIpc) is 2.81. The summed E-state index contributed by atoms with van der Waals surface area (Å²) in [5, 5.41) is 0. The lowest BCUT2D eigenvalue weighted by Gasteiger charge is -2.44. The van der Waals surface area contributed by atoms with E-state index in [9.17, 15) is 92.6 Å². The molecule has 3 atom stereocenters. The van der Waals surface area contributed by atoms with Crippen molar-refractivity contribution in [1.82, 2.24) is 0 Å². The Kier molecular flexibility index (Phi) is 15.5. The van der Waals surface area contributed by atoms with Crippen LogP contribution in [-0.4, -0.2) is 106 Å². The second-order valence-electron chi connectivity index (χ2n) is 14.5. The fourth-order valence-corrected chi connectivity index (χ4v) is 18.4. The summed E-state index contributed by atoms with van der Waals surface area (Å²) in [5.74, 6) is -34.2. The second kappa shape index (κ2) is 15.9. The first-order valence-electron chi connectivity index (χ1n) is 14.6. The van der Waals surface area contributed by atoms with Crippen molar-refractivity contribution in [2.24, 2.45) is 0 Å². The highest BCUT2D eigenvalue weighted by Gasteiger charge is 2.81. The lowest BCUT2D eigenvalue weighted by molar-refractivity contribution is -0.485. The van der Waals surface area contributed by atoms with Gasteiger partial charge in [0.25, 0.3) is 0 Å². The lowest BCUT2D eigenvalue weighted by Crippen LogP contribution is -2.64. The highest BCUT2D eigenvalue weighted by atomic mass is 28.5. The van der Waals surface area contributed by atoms with E-state index < -0.39 is 119 Å². The van der Waals surface area contributed by atoms with Crippen LogP contribution in [-0.2, 0) is 31.4 Å². The molecule has 0 aromatic heterocycles. The molecule has 0 saturated heterocycles. The minimum absolute atomic E-state index is 1.20. The van der Waals surface area contributed by atoms with Crippen molar-refractivity contribution >= 4 is 39.7 Å². The van der Waals surface area contributed by atoms with E-state index in [0.29, 0.717) is 0 Å². The summed E-state index contributed by atoms with van der Waals surface area (Å²) in [6.07, 6.45) is -53.2. The molecule has 0 saturated carbocycles. The third-order valence-corrected chi connectivity index (χ3v) is 17.7. The largest absolute Gasteiger partial charge is 0.473 e. The highest BCUT2D eigenvalue weighted by Crippen LogP contribution is 2.54. The highest BCUT2D eigenvalue weighted by molar-refractivity contribution is 6.90. The van der Waals surface area contributed by atoms with Crippen LogP contribution in [0.4, 0.5) is 96.6 Å². The van der Waals surface area contributed by atoms with Crippen LogP contribution < -0.4 is 0 Å². The van der Waals surface area contributed by atoms with Gasteiger partial charge in [-0.2, -0.15) is 92.2 Å². The predicted molar refractivity (Wildman–Crippen MR) is 152 cm³/mol. The van der Waals surface area contributed by atoms with Crippen molar-refractivity contribution < 1.29 is 128 Å². The third-order valence-electron chi connectivity index (χ3n) is 5.68. The SMILES string of the molecule is C[Si](C)(C)O[Si](CC(CC(F)(OC(F)(F)C(F)(F)C(F)(F)F)C(F)(F)F)OC(=O)C(F)(OC(F)(F)C(F)(F)C(F)(F)F)C(F)(F)F)(O[Si](C)(C)C)O[Si](C)(C)C. The number of hydrogen-bond acceptors (Lipinski definition) is 7. The molecule has 3 unspecified atom stereocenters. The zero-order valence-electron chi connectivity index (χ0n) is 29.7. The predicted octanol–water partition coefficient (Wildman–Crippen LogP) is 10.9. The van der Waals surface area contributed by atoms with Gasteiger partial charge in [0.2, 0.25) is 0 Å². The Morgan fingerprint density at radius 3 is 1.02 bits per heavy atom. The summed E-state index contributed by atoms with van der Waals surface area (Å²) < 4.78 is 325.